The molecule has 1 heterocycles. The minimum absolute atomic E-state index is 0.426. The zero-order valence-electron chi connectivity index (χ0n) is 10.5. The van der Waals surface area contributed by atoms with Gasteiger partial charge in [-0.05, 0) is 38.7 Å². The molecule has 0 amide bonds. The van der Waals surface area contributed by atoms with Crippen LogP contribution in [0.25, 0.3) is 10.6 Å². The smallest absolute Gasteiger partial charge is 0.163 e. The molecule has 0 saturated carbocycles. The zero-order valence-corrected chi connectivity index (χ0v) is 11.4. The third-order valence-corrected chi connectivity index (χ3v) is 5.08. The summed E-state index contributed by atoms with van der Waals surface area (Å²) in [7, 11) is 7.96. The van der Waals surface area contributed by atoms with Crippen LogP contribution in [0.2, 0.25) is 0 Å². The zero-order chi connectivity index (χ0) is 11.9. The molecule has 0 radical (unpaired) electrons. The van der Waals surface area contributed by atoms with Gasteiger partial charge in [-0.25, -0.2) is 4.98 Å². The molecular weight excluding hydrogens is 217 g/mol. The van der Waals surface area contributed by atoms with Crippen molar-refractivity contribution in [2.24, 2.45) is 0 Å². The van der Waals surface area contributed by atoms with E-state index in [4.69, 9.17) is 4.98 Å². The molecule has 3 nitrogen and oxygen atoms in total. The summed E-state index contributed by atoms with van der Waals surface area (Å²) >= 11 is 0. The molecule has 1 atom stereocenters. The Kier molecular flexibility index (Phi) is 2.92. The van der Waals surface area contributed by atoms with Crippen LogP contribution in [0.3, 0.4) is 0 Å². The quantitative estimate of drug-likeness (QED) is 0.798. The van der Waals surface area contributed by atoms with E-state index in [0.29, 0.717) is 0 Å². The minimum Gasteiger partial charge on any atom is -0.358 e. The van der Waals surface area contributed by atoms with E-state index in [1.165, 1.54) is 16.2 Å². The van der Waals surface area contributed by atoms with Gasteiger partial charge in [0.25, 0.3) is 0 Å². The first kappa shape index (κ1) is 11.4. The Morgan fingerprint density at radius 2 is 1.81 bits per heavy atom. The average Bonchev–Trinajstić information content (AvgIpc) is 2.55. The van der Waals surface area contributed by atoms with Crippen molar-refractivity contribution in [1.82, 2.24) is 4.98 Å². The maximum Gasteiger partial charge on any atom is 0.163 e. The summed E-state index contributed by atoms with van der Waals surface area (Å²) in [6, 6.07) is 6.56. The lowest BCUT2D eigenvalue weighted by Crippen LogP contribution is -2.12. The van der Waals surface area contributed by atoms with Gasteiger partial charge in [0, 0.05) is 26.9 Å². The minimum atomic E-state index is -0.426. The van der Waals surface area contributed by atoms with Crippen LogP contribution in [0.1, 0.15) is 5.56 Å². The molecule has 0 aliphatic carbocycles. The van der Waals surface area contributed by atoms with Gasteiger partial charge in [-0.15, -0.1) is 0 Å². The van der Waals surface area contributed by atoms with Crippen LogP contribution < -0.4 is 9.57 Å². The van der Waals surface area contributed by atoms with E-state index in [9.17, 15) is 0 Å². The second-order valence-corrected chi connectivity index (χ2v) is 6.76. The van der Waals surface area contributed by atoms with Crippen molar-refractivity contribution < 1.29 is 0 Å². The largest absolute Gasteiger partial charge is 0.358 e. The van der Waals surface area contributed by atoms with Crippen molar-refractivity contribution in [3.63, 3.8) is 0 Å². The third kappa shape index (κ3) is 1.81. The molecule has 0 saturated heterocycles. The number of fused-ring (bicyclic) bond motifs is 1. The number of rotatable bonds is 2. The third-order valence-electron chi connectivity index (χ3n) is 2.57. The Morgan fingerprint density at radius 1 is 1.12 bits per heavy atom. The van der Waals surface area contributed by atoms with Crippen molar-refractivity contribution in [3.8, 4) is 0 Å². The summed E-state index contributed by atoms with van der Waals surface area (Å²) in [6.07, 6.45) is 0. The predicted molar refractivity (Wildman–Crippen MR) is 73.6 cm³/mol. The van der Waals surface area contributed by atoms with E-state index in [-0.39, 0.29) is 0 Å². The molecule has 0 N–H and O–H groups in total. The molecule has 0 bridgehead atoms. The molecule has 86 valence electrons. The normalized spacial score (nSPS) is 12.5. The predicted octanol–water partition coefficient (Wildman–Crippen LogP) is 2.79. The van der Waals surface area contributed by atoms with Gasteiger partial charge in [0.1, 0.15) is 0 Å². The van der Waals surface area contributed by atoms with Gasteiger partial charge in [0.05, 0.1) is 5.52 Å². The number of nitrogens with zero attached hydrogens (tertiary/aromatic N) is 3. The highest BCUT2D eigenvalue weighted by Crippen LogP contribution is 2.46. The van der Waals surface area contributed by atoms with Crippen LogP contribution in [-0.4, -0.2) is 33.2 Å². The van der Waals surface area contributed by atoms with Gasteiger partial charge in [-0.2, -0.15) is 0 Å². The molecule has 0 aliphatic rings. The van der Waals surface area contributed by atoms with E-state index in [1.807, 2.05) is 0 Å². The second kappa shape index (κ2) is 4.08. The lowest BCUT2D eigenvalue weighted by Gasteiger charge is -2.17. The van der Waals surface area contributed by atoms with Crippen LogP contribution in [0.5, 0.6) is 0 Å². The van der Waals surface area contributed by atoms with E-state index in [1.54, 1.807) is 0 Å². The number of aryl methyl sites for hydroxylation is 1. The van der Waals surface area contributed by atoms with Crippen LogP contribution in [0.4, 0.5) is 5.55 Å². The van der Waals surface area contributed by atoms with Crippen LogP contribution in [0, 0.1) is 6.92 Å². The van der Waals surface area contributed by atoms with Crippen LogP contribution in [0.15, 0.2) is 18.2 Å². The molecule has 16 heavy (non-hydrogen) atoms. The SMILES string of the molecule is Cc1ccc2c(c1)nc(N(C)C)p2N(C)C. The first-order chi connectivity index (χ1) is 7.50. The first-order valence-corrected chi connectivity index (χ1v) is 6.64. The Hall–Kier alpha value is -1.05. The lowest BCUT2D eigenvalue weighted by atomic mass is 10.2. The summed E-state index contributed by atoms with van der Waals surface area (Å²) in [5.74, 6) is 0. The first-order valence-electron chi connectivity index (χ1n) is 5.34. The van der Waals surface area contributed by atoms with Gasteiger partial charge in [0.15, 0.2) is 5.55 Å². The Balaban J connectivity index is 2.75. The highest BCUT2D eigenvalue weighted by atomic mass is 31.1. The fourth-order valence-electron chi connectivity index (χ4n) is 1.85. The van der Waals surface area contributed by atoms with Gasteiger partial charge in [-0.3, -0.25) is 4.67 Å². The molecule has 1 unspecified atom stereocenters. The monoisotopic (exact) mass is 235 g/mol. The maximum atomic E-state index is 4.74. The highest BCUT2D eigenvalue weighted by molar-refractivity contribution is 7.60. The van der Waals surface area contributed by atoms with Crippen molar-refractivity contribution in [1.29, 1.82) is 0 Å². The maximum absolute atomic E-state index is 4.74. The highest BCUT2D eigenvalue weighted by Gasteiger charge is 2.15. The average molecular weight is 235 g/mol. The van der Waals surface area contributed by atoms with Crippen molar-refractivity contribution in [2.45, 2.75) is 6.92 Å². The Morgan fingerprint density at radius 3 is 2.38 bits per heavy atom. The van der Waals surface area contributed by atoms with E-state index in [2.05, 4.69) is 62.9 Å². The summed E-state index contributed by atoms with van der Waals surface area (Å²) in [5.41, 5.74) is 3.60. The molecular formula is C12H18N3P. The molecule has 0 spiro atoms. The molecule has 0 fully saturated rings. The summed E-state index contributed by atoms with van der Waals surface area (Å²) in [6.45, 7) is 2.11. The molecule has 1 aromatic heterocycles. The van der Waals surface area contributed by atoms with E-state index in [0.717, 1.165) is 5.52 Å². The fraction of sp³-hybridized carbons (Fsp3) is 0.417. The van der Waals surface area contributed by atoms with Crippen molar-refractivity contribution in [3.05, 3.63) is 23.8 Å². The number of benzene rings is 1. The molecule has 4 heteroatoms. The molecule has 1 aromatic carbocycles. The molecule has 0 aliphatic heterocycles. The second-order valence-electron chi connectivity index (χ2n) is 4.46. The Bertz CT molecular complexity index is 514. The topological polar surface area (TPSA) is 19.4 Å². The van der Waals surface area contributed by atoms with Gasteiger partial charge >= 0.3 is 0 Å². The van der Waals surface area contributed by atoms with Crippen LogP contribution >= 0.6 is 7.68 Å². The van der Waals surface area contributed by atoms with Gasteiger partial charge in [0.2, 0.25) is 0 Å². The number of anilines is 1. The molecule has 2 aromatic rings. The van der Waals surface area contributed by atoms with Gasteiger partial charge in [-0.1, -0.05) is 6.07 Å². The lowest BCUT2D eigenvalue weighted by molar-refractivity contribution is 1.11. The van der Waals surface area contributed by atoms with Crippen molar-refractivity contribution >= 4 is 23.9 Å². The summed E-state index contributed by atoms with van der Waals surface area (Å²) in [5, 5.41) is 1.37. The number of aromatic nitrogens is 1. The van der Waals surface area contributed by atoms with E-state index < -0.39 is 7.68 Å². The fourth-order valence-corrected chi connectivity index (χ4v) is 3.98. The van der Waals surface area contributed by atoms with Crippen molar-refractivity contribution in [2.75, 3.05) is 37.8 Å². The van der Waals surface area contributed by atoms with Gasteiger partial charge < -0.3 is 4.90 Å². The standard InChI is InChI=1S/C12H18N3P/c1-9-6-7-11-10(8-9)13-12(14(2)3)16(11)15(4)5/h6-8H,1-5H3. The molecule has 2 rings (SSSR count). The Labute approximate surface area is 97.8 Å². The van der Waals surface area contributed by atoms with E-state index >= 15 is 0 Å². The number of hydrogen-bond acceptors (Lipinski definition) is 3. The number of hydrogen-bond donors (Lipinski definition) is 0. The summed E-state index contributed by atoms with van der Waals surface area (Å²) < 4.78 is 2.27. The van der Waals surface area contributed by atoms with Crippen LogP contribution in [-0.2, 0) is 0 Å². The summed E-state index contributed by atoms with van der Waals surface area (Å²) in [4.78, 5) is 6.87.